The van der Waals surface area contributed by atoms with Gasteiger partial charge in [-0.05, 0) is 52.3 Å². The summed E-state index contributed by atoms with van der Waals surface area (Å²) in [6.45, 7) is 10.2. The highest BCUT2D eigenvalue weighted by Gasteiger charge is 2.54. The van der Waals surface area contributed by atoms with Gasteiger partial charge in [0.15, 0.2) is 0 Å². The topological polar surface area (TPSA) is 62.6 Å². The average molecular weight is 370 g/mol. The zero-order chi connectivity index (χ0) is 19.7. The number of rotatable bonds is 6. The molecule has 1 unspecified atom stereocenters. The SMILES string of the molecule is CCOC(=O)CC(B1OC(C)(C)C(C)(C)O1)c1cnn(-c2ccccc2)c1. The number of benzene rings is 1. The second-order valence-corrected chi connectivity index (χ2v) is 7.79. The maximum Gasteiger partial charge on any atom is 0.466 e. The fourth-order valence-electron chi connectivity index (χ4n) is 3.07. The Bertz CT molecular complexity index is 772. The Morgan fingerprint density at radius 3 is 2.41 bits per heavy atom. The smallest absolute Gasteiger partial charge is 0.466 e. The average Bonchev–Trinajstić information content (AvgIpc) is 3.16. The minimum Gasteiger partial charge on any atom is -0.466 e. The summed E-state index contributed by atoms with van der Waals surface area (Å²) in [6.07, 6.45) is 3.86. The Morgan fingerprint density at radius 2 is 1.81 bits per heavy atom. The van der Waals surface area contributed by atoms with Crippen molar-refractivity contribution in [2.75, 3.05) is 6.61 Å². The van der Waals surface area contributed by atoms with E-state index in [1.807, 2.05) is 64.2 Å². The molecule has 0 radical (unpaired) electrons. The molecule has 0 saturated carbocycles. The zero-order valence-electron chi connectivity index (χ0n) is 16.6. The molecule has 1 aromatic heterocycles. The molecular weight excluding hydrogens is 343 g/mol. The van der Waals surface area contributed by atoms with Crippen LogP contribution in [0.5, 0.6) is 0 Å². The van der Waals surface area contributed by atoms with Crippen LogP contribution in [0.25, 0.3) is 5.69 Å². The lowest BCUT2D eigenvalue weighted by atomic mass is 9.67. The molecule has 0 bridgehead atoms. The molecule has 0 spiro atoms. The van der Waals surface area contributed by atoms with Crippen LogP contribution in [-0.2, 0) is 18.8 Å². The third-order valence-electron chi connectivity index (χ3n) is 5.34. The lowest BCUT2D eigenvalue weighted by Crippen LogP contribution is -2.41. The third kappa shape index (κ3) is 4.09. The summed E-state index contributed by atoms with van der Waals surface area (Å²) in [5.74, 6) is -0.577. The zero-order valence-corrected chi connectivity index (χ0v) is 16.6. The van der Waals surface area contributed by atoms with Crippen molar-refractivity contribution in [1.29, 1.82) is 0 Å². The largest absolute Gasteiger partial charge is 0.466 e. The number of ether oxygens (including phenoxy) is 1. The lowest BCUT2D eigenvalue weighted by Gasteiger charge is -2.32. The van der Waals surface area contributed by atoms with E-state index in [0.717, 1.165) is 11.3 Å². The van der Waals surface area contributed by atoms with Gasteiger partial charge in [0, 0.05) is 12.0 Å². The molecule has 144 valence electrons. The van der Waals surface area contributed by atoms with Gasteiger partial charge in [-0.1, -0.05) is 18.2 Å². The molecule has 3 rings (SSSR count). The number of hydrogen-bond acceptors (Lipinski definition) is 5. The van der Waals surface area contributed by atoms with Crippen LogP contribution in [-0.4, -0.2) is 40.7 Å². The molecule has 0 aliphatic carbocycles. The second-order valence-electron chi connectivity index (χ2n) is 7.79. The highest BCUT2D eigenvalue weighted by molar-refractivity contribution is 6.48. The molecule has 0 amide bonds. The Hall–Kier alpha value is -2.12. The van der Waals surface area contributed by atoms with Crippen LogP contribution in [0.2, 0.25) is 0 Å². The maximum absolute atomic E-state index is 12.2. The first-order valence-electron chi connectivity index (χ1n) is 9.35. The molecule has 1 saturated heterocycles. The van der Waals surface area contributed by atoms with Gasteiger partial charge in [0.05, 0.1) is 36.1 Å². The van der Waals surface area contributed by atoms with Gasteiger partial charge in [-0.15, -0.1) is 0 Å². The van der Waals surface area contributed by atoms with Crippen LogP contribution < -0.4 is 0 Å². The lowest BCUT2D eigenvalue weighted by molar-refractivity contribution is -0.143. The number of para-hydroxylation sites is 1. The summed E-state index contributed by atoms with van der Waals surface area (Å²) in [6, 6.07) is 9.84. The van der Waals surface area contributed by atoms with E-state index in [1.165, 1.54) is 0 Å². The summed E-state index contributed by atoms with van der Waals surface area (Å²) in [4.78, 5) is 12.2. The number of esters is 1. The predicted molar refractivity (Wildman–Crippen MR) is 104 cm³/mol. The van der Waals surface area contributed by atoms with E-state index in [1.54, 1.807) is 17.8 Å². The van der Waals surface area contributed by atoms with Gasteiger partial charge in [-0.25, -0.2) is 4.68 Å². The van der Waals surface area contributed by atoms with Crippen molar-refractivity contribution in [2.45, 2.75) is 58.1 Å². The normalized spacial score (nSPS) is 19.1. The van der Waals surface area contributed by atoms with E-state index in [9.17, 15) is 4.79 Å². The molecule has 1 fully saturated rings. The Morgan fingerprint density at radius 1 is 1.19 bits per heavy atom. The van der Waals surface area contributed by atoms with Crippen LogP contribution in [0.15, 0.2) is 42.7 Å². The highest BCUT2D eigenvalue weighted by Crippen LogP contribution is 2.41. The predicted octanol–water partition coefficient (Wildman–Crippen LogP) is 3.54. The molecular formula is C20H27BN2O4. The van der Waals surface area contributed by atoms with Gasteiger partial charge in [0.25, 0.3) is 0 Å². The first kappa shape index (κ1) is 19.6. The fourth-order valence-corrected chi connectivity index (χ4v) is 3.07. The number of nitrogens with zero attached hydrogens (tertiary/aromatic N) is 2. The van der Waals surface area contributed by atoms with Crippen molar-refractivity contribution in [2.24, 2.45) is 0 Å². The van der Waals surface area contributed by atoms with Gasteiger partial charge in [-0.3, -0.25) is 4.79 Å². The van der Waals surface area contributed by atoms with Gasteiger partial charge >= 0.3 is 13.1 Å². The number of hydrogen-bond donors (Lipinski definition) is 0. The molecule has 1 aliphatic heterocycles. The van der Waals surface area contributed by atoms with Gasteiger partial charge in [-0.2, -0.15) is 5.10 Å². The number of carbonyl (C=O) groups excluding carboxylic acids is 1. The van der Waals surface area contributed by atoms with Crippen molar-refractivity contribution in [3.8, 4) is 5.69 Å². The highest BCUT2D eigenvalue weighted by atomic mass is 16.7. The summed E-state index contributed by atoms with van der Waals surface area (Å²) >= 11 is 0. The van der Waals surface area contributed by atoms with E-state index in [-0.39, 0.29) is 18.2 Å². The molecule has 1 aromatic carbocycles. The van der Waals surface area contributed by atoms with E-state index < -0.39 is 18.3 Å². The minimum absolute atomic E-state index is 0.172. The Labute approximate surface area is 160 Å². The van der Waals surface area contributed by atoms with E-state index in [0.29, 0.717) is 6.61 Å². The van der Waals surface area contributed by atoms with E-state index in [4.69, 9.17) is 14.0 Å². The molecule has 2 heterocycles. The minimum atomic E-state index is -0.548. The van der Waals surface area contributed by atoms with Crippen LogP contribution >= 0.6 is 0 Å². The van der Waals surface area contributed by atoms with Gasteiger partial charge in [0.1, 0.15) is 0 Å². The Kier molecular flexibility index (Phi) is 5.44. The number of carbonyl (C=O) groups is 1. The molecule has 6 nitrogen and oxygen atoms in total. The summed E-state index contributed by atoms with van der Waals surface area (Å²) in [5, 5.41) is 4.46. The van der Waals surface area contributed by atoms with Crippen molar-refractivity contribution in [3.05, 3.63) is 48.3 Å². The second kappa shape index (κ2) is 7.48. The Balaban J connectivity index is 1.89. The molecule has 0 N–H and O–H groups in total. The summed E-state index contributed by atoms with van der Waals surface area (Å²) < 4.78 is 19.4. The van der Waals surface area contributed by atoms with Crippen molar-refractivity contribution >= 4 is 13.1 Å². The van der Waals surface area contributed by atoms with Gasteiger partial charge < -0.3 is 14.0 Å². The van der Waals surface area contributed by atoms with E-state index in [2.05, 4.69) is 5.10 Å². The first-order valence-corrected chi connectivity index (χ1v) is 9.35. The van der Waals surface area contributed by atoms with Crippen LogP contribution in [0.4, 0.5) is 0 Å². The monoisotopic (exact) mass is 370 g/mol. The van der Waals surface area contributed by atoms with Gasteiger partial charge in [0.2, 0.25) is 0 Å². The van der Waals surface area contributed by atoms with Crippen LogP contribution in [0.1, 0.15) is 52.4 Å². The maximum atomic E-state index is 12.2. The quantitative estimate of drug-likeness (QED) is 0.575. The summed E-state index contributed by atoms with van der Waals surface area (Å²) in [7, 11) is -0.548. The van der Waals surface area contributed by atoms with Crippen LogP contribution in [0.3, 0.4) is 0 Å². The number of aromatic nitrogens is 2. The molecule has 2 aromatic rings. The van der Waals surface area contributed by atoms with Crippen molar-refractivity contribution in [1.82, 2.24) is 9.78 Å². The fraction of sp³-hybridized carbons (Fsp3) is 0.500. The summed E-state index contributed by atoms with van der Waals surface area (Å²) in [5.41, 5.74) is 0.887. The van der Waals surface area contributed by atoms with Crippen molar-refractivity contribution in [3.63, 3.8) is 0 Å². The van der Waals surface area contributed by atoms with Crippen LogP contribution in [0, 0.1) is 0 Å². The molecule has 1 aliphatic rings. The first-order chi connectivity index (χ1) is 12.7. The molecule has 7 heteroatoms. The van der Waals surface area contributed by atoms with E-state index >= 15 is 0 Å². The standard InChI is InChI=1S/C20H27BN2O4/c1-6-25-18(24)12-17(21-26-19(2,3)20(4,5)27-21)15-13-22-23(14-15)16-10-8-7-9-11-16/h7-11,13-14,17H,6,12H2,1-5H3. The third-order valence-corrected chi connectivity index (χ3v) is 5.34. The van der Waals surface area contributed by atoms with Crippen molar-refractivity contribution < 1.29 is 18.8 Å². The molecule has 1 atom stereocenters. The molecule has 27 heavy (non-hydrogen) atoms.